The van der Waals surface area contributed by atoms with Crippen molar-refractivity contribution in [2.24, 2.45) is 0 Å². The van der Waals surface area contributed by atoms with Gasteiger partial charge in [0.1, 0.15) is 0 Å². The summed E-state index contributed by atoms with van der Waals surface area (Å²) in [5.41, 5.74) is -2.09. The van der Waals surface area contributed by atoms with E-state index in [1.54, 1.807) is 0 Å². The largest absolute Gasteiger partial charge is 0.575 e. The quantitative estimate of drug-likeness (QED) is 0.785. The van der Waals surface area contributed by atoms with Crippen LogP contribution in [0.25, 0.3) is 0 Å². The van der Waals surface area contributed by atoms with E-state index in [2.05, 4.69) is 19.4 Å². The van der Waals surface area contributed by atoms with Crippen molar-refractivity contribution in [1.29, 1.82) is 0 Å². The van der Waals surface area contributed by atoms with Gasteiger partial charge in [-0.1, -0.05) is 0 Å². The Bertz CT molecular complexity index is 444. The van der Waals surface area contributed by atoms with Crippen molar-refractivity contribution in [3.05, 3.63) is 11.8 Å². The SMILES string of the molecule is FC(F)(F)Oc1cc(C(F)(F)F)nc(OC(F)(F)F)n1. The second-order valence-electron chi connectivity index (χ2n) is 2.97. The van der Waals surface area contributed by atoms with E-state index >= 15 is 0 Å². The molecule has 0 unspecified atom stereocenters. The maximum absolute atomic E-state index is 12.2. The van der Waals surface area contributed by atoms with Gasteiger partial charge in [-0.25, -0.2) is 0 Å². The third-order valence-corrected chi connectivity index (χ3v) is 1.40. The summed E-state index contributed by atoms with van der Waals surface area (Å²) in [4.78, 5) is 4.72. The van der Waals surface area contributed by atoms with Gasteiger partial charge in [0.15, 0.2) is 5.69 Å². The number of alkyl halides is 9. The van der Waals surface area contributed by atoms with Gasteiger partial charge in [-0.3, -0.25) is 0 Å². The molecule has 0 saturated carbocycles. The fourth-order valence-electron chi connectivity index (χ4n) is 0.869. The van der Waals surface area contributed by atoms with E-state index in [9.17, 15) is 39.5 Å². The number of hydrogen-bond donors (Lipinski definition) is 0. The van der Waals surface area contributed by atoms with Crippen LogP contribution in [-0.2, 0) is 6.18 Å². The molecule has 1 heterocycles. The molecule has 0 aliphatic heterocycles. The van der Waals surface area contributed by atoms with Gasteiger partial charge < -0.3 is 9.47 Å². The summed E-state index contributed by atoms with van der Waals surface area (Å²) in [6.45, 7) is 0. The van der Waals surface area contributed by atoms with Crippen molar-refractivity contribution < 1.29 is 49.0 Å². The average molecular weight is 316 g/mol. The molecule has 0 radical (unpaired) electrons. The Morgan fingerprint density at radius 1 is 0.750 bits per heavy atom. The first-order valence-corrected chi connectivity index (χ1v) is 4.24. The van der Waals surface area contributed by atoms with Crippen molar-refractivity contribution in [3.63, 3.8) is 0 Å². The Hall–Kier alpha value is -1.95. The fourth-order valence-corrected chi connectivity index (χ4v) is 0.869. The van der Waals surface area contributed by atoms with Gasteiger partial charge in [-0.2, -0.15) is 23.1 Å². The molecule has 13 heteroatoms. The van der Waals surface area contributed by atoms with Crippen molar-refractivity contribution >= 4 is 0 Å². The summed E-state index contributed by atoms with van der Waals surface area (Å²) in [6, 6.07) is -2.30. The standard InChI is InChI=1S/C7HF9N2O2/c8-5(9,10)2-1-3(19-6(11,12)13)18-4(17-2)20-7(14,15)16/h1H. The second-order valence-corrected chi connectivity index (χ2v) is 2.97. The van der Waals surface area contributed by atoms with Gasteiger partial charge >= 0.3 is 24.9 Å². The summed E-state index contributed by atoms with van der Waals surface area (Å²) in [6.07, 6.45) is -16.3. The molecule has 1 aromatic heterocycles. The Labute approximate surface area is 103 Å². The maximum Gasteiger partial charge on any atom is 0.575 e. The zero-order chi connectivity index (χ0) is 15.8. The summed E-state index contributed by atoms with van der Waals surface area (Å²) < 4.78 is 113. The minimum absolute atomic E-state index is 0.323. The van der Waals surface area contributed by atoms with Crippen LogP contribution in [0, 0.1) is 0 Å². The van der Waals surface area contributed by atoms with Crippen LogP contribution in [0.5, 0.6) is 11.9 Å². The van der Waals surface area contributed by atoms with Gasteiger partial charge in [-0.15, -0.1) is 26.3 Å². The number of ether oxygens (including phenoxy) is 2. The average Bonchev–Trinajstić information content (AvgIpc) is 2.09. The van der Waals surface area contributed by atoms with Crippen LogP contribution in [0.3, 0.4) is 0 Å². The van der Waals surface area contributed by atoms with Crippen LogP contribution in [0.15, 0.2) is 6.07 Å². The predicted octanol–water partition coefficient (Wildman–Crippen LogP) is 3.29. The van der Waals surface area contributed by atoms with E-state index in [4.69, 9.17) is 0 Å². The Balaban J connectivity index is 3.22. The molecule has 0 spiro atoms. The zero-order valence-corrected chi connectivity index (χ0v) is 8.69. The van der Waals surface area contributed by atoms with Gasteiger partial charge in [-0.05, 0) is 0 Å². The molecule has 114 valence electrons. The highest BCUT2D eigenvalue weighted by molar-refractivity contribution is 5.21. The van der Waals surface area contributed by atoms with E-state index in [-0.39, 0.29) is 6.07 Å². The highest BCUT2D eigenvalue weighted by Gasteiger charge is 2.39. The highest BCUT2D eigenvalue weighted by atomic mass is 19.4. The molecule has 0 amide bonds. The lowest BCUT2D eigenvalue weighted by molar-refractivity contribution is -0.281. The summed E-state index contributed by atoms with van der Waals surface area (Å²) in [5.74, 6) is -1.79. The van der Waals surface area contributed by atoms with Gasteiger partial charge in [0.25, 0.3) is 0 Å². The van der Waals surface area contributed by atoms with Crippen LogP contribution >= 0.6 is 0 Å². The summed E-state index contributed by atoms with van der Waals surface area (Å²) in [7, 11) is 0. The molecule has 0 aromatic carbocycles. The lowest BCUT2D eigenvalue weighted by atomic mass is 10.4. The molecule has 0 fully saturated rings. The topological polar surface area (TPSA) is 44.2 Å². The molecule has 0 saturated heterocycles. The van der Waals surface area contributed by atoms with Crippen LogP contribution in [0.4, 0.5) is 39.5 Å². The van der Waals surface area contributed by atoms with Crippen LogP contribution in [0.1, 0.15) is 5.69 Å². The predicted molar refractivity (Wildman–Crippen MR) is 40.4 cm³/mol. The van der Waals surface area contributed by atoms with E-state index in [1.165, 1.54) is 0 Å². The smallest absolute Gasteiger partial charge is 0.388 e. The van der Waals surface area contributed by atoms with E-state index in [0.29, 0.717) is 0 Å². The number of rotatable bonds is 2. The van der Waals surface area contributed by atoms with Crippen molar-refractivity contribution in [2.45, 2.75) is 18.9 Å². The van der Waals surface area contributed by atoms with Crippen LogP contribution in [-0.4, -0.2) is 22.7 Å². The van der Waals surface area contributed by atoms with E-state index in [0.717, 1.165) is 0 Å². The Morgan fingerprint density at radius 3 is 1.65 bits per heavy atom. The third-order valence-electron chi connectivity index (χ3n) is 1.40. The number of halogens is 9. The summed E-state index contributed by atoms with van der Waals surface area (Å²) >= 11 is 0. The zero-order valence-electron chi connectivity index (χ0n) is 8.69. The van der Waals surface area contributed by atoms with Crippen LogP contribution < -0.4 is 9.47 Å². The molecule has 1 rings (SSSR count). The molecule has 0 atom stereocenters. The molecule has 4 nitrogen and oxygen atoms in total. The fraction of sp³-hybridized carbons (Fsp3) is 0.429. The van der Waals surface area contributed by atoms with Gasteiger partial charge in [0.2, 0.25) is 5.88 Å². The van der Waals surface area contributed by atoms with Crippen LogP contribution in [0.2, 0.25) is 0 Å². The molecule has 0 aliphatic rings. The highest BCUT2D eigenvalue weighted by Crippen LogP contribution is 2.33. The van der Waals surface area contributed by atoms with Gasteiger partial charge in [0, 0.05) is 6.07 Å². The lowest BCUT2D eigenvalue weighted by Gasteiger charge is -2.13. The van der Waals surface area contributed by atoms with E-state index < -0.39 is 36.5 Å². The molecular formula is C7HF9N2O2. The minimum Gasteiger partial charge on any atom is -0.388 e. The molecule has 0 bridgehead atoms. The third kappa shape index (κ3) is 5.36. The maximum atomic E-state index is 12.2. The molecule has 20 heavy (non-hydrogen) atoms. The first-order chi connectivity index (χ1) is 8.76. The van der Waals surface area contributed by atoms with Gasteiger partial charge in [0.05, 0.1) is 0 Å². The Kier molecular flexibility index (Phi) is 3.92. The molecule has 0 aliphatic carbocycles. The molecule has 0 N–H and O–H groups in total. The monoisotopic (exact) mass is 316 g/mol. The number of hydrogen-bond acceptors (Lipinski definition) is 4. The lowest BCUT2D eigenvalue weighted by Crippen LogP contribution is -2.22. The normalized spacial score (nSPS) is 13.2. The minimum atomic E-state index is -5.49. The van der Waals surface area contributed by atoms with Crippen molar-refractivity contribution in [1.82, 2.24) is 9.97 Å². The Morgan fingerprint density at radius 2 is 1.25 bits per heavy atom. The first kappa shape index (κ1) is 16.1. The van der Waals surface area contributed by atoms with Crippen molar-refractivity contribution in [2.75, 3.05) is 0 Å². The van der Waals surface area contributed by atoms with Crippen molar-refractivity contribution in [3.8, 4) is 11.9 Å². The van der Waals surface area contributed by atoms with E-state index in [1.807, 2.05) is 0 Å². The molecular weight excluding hydrogens is 315 g/mol. The molecule has 1 aromatic rings. The second kappa shape index (κ2) is 4.86. The summed E-state index contributed by atoms with van der Waals surface area (Å²) in [5, 5.41) is 0. The number of nitrogens with zero attached hydrogens (tertiary/aromatic N) is 2. The first-order valence-electron chi connectivity index (χ1n) is 4.24. The number of aromatic nitrogens is 2.